The van der Waals surface area contributed by atoms with Gasteiger partial charge in [0.1, 0.15) is 5.76 Å². The molecule has 2 aromatic heterocycles. The van der Waals surface area contributed by atoms with Gasteiger partial charge in [0.15, 0.2) is 5.13 Å². The molecule has 3 heterocycles. The van der Waals surface area contributed by atoms with Gasteiger partial charge in [-0.2, -0.15) is 0 Å². The maximum Gasteiger partial charge on any atom is 0.229 e. The first-order chi connectivity index (χ1) is 11.5. The fraction of sp³-hybridized carbons (Fsp3) is 0.500. The molecule has 0 unspecified atom stereocenters. The summed E-state index contributed by atoms with van der Waals surface area (Å²) in [6.07, 6.45) is 3.31. The first-order valence-electron chi connectivity index (χ1n) is 7.94. The first kappa shape index (κ1) is 16.6. The fourth-order valence-corrected chi connectivity index (χ4v) is 3.43. The van der Waals surface area contributed by atoms with Gasteiger partial charge in [0.2, 0.25) is 11.8 Å². The van der Waals surface area contributed by atoms with Gasteiger partial charge in [-0.25, -0.2) is 4.98 Å². The summed E-state index contributed by atoms with van der Waals surface area (Å²) in [6, 6.07) is 0. The summed E-state index contributed by atoms with van der Waals surface area (Å²) in [5.41, 5.74) is 1.63. The van der Waals surface area contributed by atoms with Crippen LogP contribution < -0.4 is 5.32 Å². The predicted octanol–water partition coefficient (Wildman–Crippen LogP) is 2.17. The monoisotopic (exact) mass is 348 g/mol. The molecule has 1 aliphatic rings. The summed E-state index contributed by atoms with van der Waals surface area (Å²) in [5, 5.41) is 9.16. The van der Waals surface area contributed by atoms with E-state index in [0.717, 1.165) is 11.3 Å². The van der Waals surface area contributed by atoms with Crippen LogP contribution >= 0.6 is 11.3 Å². The average Bonchev–Trinajstić information content (AvgIpc) is 3.20. The molecule has 1 N–H and O–H groups in total. The molecule has 7 nitrogen and oxygen atoms in total. The quantitative estimate of drug-likeness (QED) is 0.915. The van der Waals surface area contributed by atoms with Crippen LogP contribution in [-0.2, 0) is 16.0 Å². The molecule has 0 saturated carbocycles. The van der Waals surface area contributed by atoms with Crippen LogP contribution in [0.25, 0.3) is 0 Å². The molecule has 0 atom stereocenters. The largest absolute Gasteiger partial charge is 0.361 e. The van der Waals surface area contributed by atoms with Crippen molar-refractivity contribution in [2.75, 3.05) is 18.4 Å². The van der Waals surface area contributed by atoms with Gasteiger partial charge in [0, 0.05) is 36.1 Å². The van der Waals surface area contributed by atoms with Crippen LogP contribution in [0.15, 0.2) is 16.1 Å². The van der Waals surface area contributed by atoms with Crippen molar-refractivity contribution >= 4 is 28.3 Å². The average molecular weight is 348 g/mol. The maximum atomic E-state index is 12.5. The second-order valence-electron chi connectivity index (χ2n) is 5.96. The number of piperidine rings is 1. The minimum atomic E-state index is -0.0722. The Balaban J connectivity index is 1.51. The number of nitrogens with zero attached hydrogens (tertiary/aromatic N) is 3. The van der Waals surface area contributed by atoms with Crippen molar-refractivity contribution < 1.29 is 14.1 Å². The van der Waals surface area contributed by atoms with Crippen molar-refractivity contribution in [3.05, 3.63) is 28.6 Å². The third-order valence-corrected chi connectivity index (χ3v) is 5.08. The second kappa shape index (κ2) is 7.12. The van der Waals surface area contributed by atoms with E-state index in [9.17, 15) is 9.59 Å². The van der Waals surface area contributed by atoms with E-state index >= 15 is 0 Å². The molecular weight excluding hydrogens is 328 g/mol. The van der Waals surface area contributed by atoms with Crippen molar-refractivity contribution in [2.45, 2.75) is 33.1 Å². The Kier molecular flexibility index (Phi) is 4.94. The van der Waals surface area contributed by atoms with Crippen LogP contribution in [0, 0.1) is 19.8 Å². The highest BCUT2D eigenvalue weighted by molar-refractivity contribution is 7.13. The molecule has 2 aromatic rings. The lowest BCUT2D eigenvalue weighted by Gasteiger charge is -2.31. The van der Waals surface area contributed by atoms with Crippen molar-refractivity contribution in [3.63, 3.8) is 0 Å². The van der Waals surface area contributed by atoms with Gasteiger partial charge in [0.25, 0.3) is 0 Å². The van der Waals surface area contributed by atoms with Crippen LogP contribution in [0.1, 0.15) is 29.9 Å². The van der Waals surface area contributed by atoms with Crippen LogP contribution in [0.4, 0.5) is 5.13 Å². The summed E-state index contributed by atoms with van der Waals surface area (Å²) >= 11 is 1.40. The number of amides is 2. The first-order valence-corrected chi connectivity index (χ1v) is 8.82. The molecular formula is C16H20N4O3S. The van der Waals surface area contributed by atoms with E-state index in [1.54, 1.807) is 6.20 Å². The third-order valence-electron chi connectivity index (χ3n) is 4.39. The SMILES string of the molecule is Cc1noc(C)c1CC(=O)N1CCC(C(=O)Nc2nccs2)CC1. The van der Waals surface area contributed by atoms with Gasteiger partial charge in [-0.15, -0.1) is 11.3 Å². The second-order valence-corrected chi connectivity index (χ2v) is 6.86. The Labute approximate surface area is 144 Å². The van der Waals surface area contributed by atoms with Crippen LogP contribution in [0.5, 0.6) is 0 Å². The van der Waals surface area contributed by atoms with Crippen LogP contribution in [-0.4, -0.2) is 39.9 Å². The normalized spacial score (nSPS) is 15.5. The van der Waals surface area contributed by atoms with Crippen LogP contribution in [0.3, 0.4) is 0 Å². The van der Waals surface area contributed by atoms with Crippen molar-refractivity contribution in [2.24, 2.45) is 5.92 Å². The molecule has 24 heavy (non-hydrogen) atoms. The number of rotatable bonds is 4. The number of anilines is 1. The highest BCUT2D eigenvalue weighted by Gasteiger charge is 2.28. The highest BCUT2D eigenvalue weighted by Crippen LogP contribution is 2.22. The molecule has 0 radical (unpaired) electrons. The molecule has 0 bridgehead atoms. The summed E-state index contributed by atoms with van der Waals surface area (Å²) in [6.45, 7) is 4.85. The van der Waals surface area contributed by atoms with E-state index in [2.05, 4.69) is 15.5 Å². The lowest BCUT2D eigenvalue weighted by molar-refractivity contribution is -0.133. The summed E-state index contributed by atoms with van der Waals surface area (Å²) in [7, 11) is 0. The zero-order valence-corrected chi connectivity index (χ0v) is 14.6. The molecule has 0 aliphatic carbocycles. The number of nitrogens with one attached hydrogen (secondary N) is 1. The number of hydrogen-bond donors (Lipinski definition) is 1. The topological polar surface area (TPSA) is 88.3 Å². The minimum Gasteiger partial charge on any atom is -0.361 e. The zero-order chi connectivity index (χ0) is 17.1. The molecule has 1 saturated heterocycles. The Bertz CT molecular complexity index is 698. The lowest BCUT2D eigenvalue weighted by atomic mass is 9.95. The molecule has 0 spiro atoms. The number of aromatic nitrogens is 2. The zero-order valence-electron chi connectivity index (χ0n) is 13.7. The molecule has 8 heteroatoms. The Morgan fingerprint density at radius 3 is 2.71 bits per heavy atom. The Hall–Kier alpha value is -2.22. The number of carbonyl (C=O) groups is 2. The van der Waals surface area contributed by atoms with E-state index in [4.69, 9.17) is 4.52 Å². The predicted molar refractivity (Wildman–Crippen MR) is 89.7 cm³/mol. The van der Waals surface area contributed by atoms with E-state index in [-0.39, 0.29) is 17.7 Å². The standard InChI is InChI=1S/C16H20N4O3S/c1-10-13(11(2)23-19-10)9-14(21)20-6-3-12(4-7-20)15(22)18-16-17-5-8-24-16/h5,8,12H,3-4,6-7,9H2,1-2H3,(H,17,18,22). The molecule has 0 aromatic carbocycles. The molecule has 3 rings (SSSR count). The van der Waals surface area contributed by atoms with Crippen molar-refractivity contribution in [1.29, 1.82) is 0 Å². The smallest absolute Gasteiger partial charge is 0.229 e. The van der Waals surface area contributed by atoms with Gasteiger partial charge >= 0.3 is 0 Å². The summed E-state index contributed by atoms with van der Waals surface area (Å²) < 4.78 is 5.10. The van der Waals surface area contributed by atoms with Gasteiger partial charge in [-0.3, -0.25) is 9.59 Å². The molecule has 1 aliphatic heterocycles. The van der Waals surface area contributed by atoms with Crippen LogP contribution in [0.2, 0.25) is 0 Å². The van der Waals surface area contributed by atoms with Gasteiger partial charge < -0.3 is 14.7 Å². The van der Waals surface area contributed by atoms with E-state index in [1.165, 1.54) is 11.3 Å². The van der Waals surface area contributed by atoms with Gasteiger partial charge in [-0.05, 0) is 26.7 Å². The number of aryl methyl sites for hydroxylation is 2. The number of carbonyl (C=O) groups excluding carboxylic acids is 2. The minimum absolute atomic E-state index is 0.0113. The van der Waals surface area contributed by atoms with E-state index in [0.29, 0.717) is 43.2 Å². The van der Waals surface area contributed by atoms with E-state index < -0.39 is 0 Å². The highest BCUT2D eigenvalue weighted by atomic mass is 32.1. The summed E-state index contributed by atoms with van der Waals surface area (Å²) in [4.78, 5) is 30.5. The fourth-order valence-electron chi connectivity index (χ4n) is 2.90. The maximum absolute atomic E-state index is 12.5. The molecule has 128 valence electrons. The van der Waals surface area contributed by atoms with Crippen molar-refractivity contribution in [1.82, 2.24) is 15.0 Å². The number of hydrogen-bond acceptors (Lipinski definition) is 6. The third kappa shape index (κ3) is 3.64. The molecule has 2 amide bonds. The van der Waals surface area contributed by atoms with Gasteiger partial charge in [-0.1, -0.05) is 5.16 Å². The lowest BCUT2D eigenvalue weighted by Crippen LogP contribution is -2.42. The number of thiazole rings is 1. The molecule has 1 fully saturated rings. The van der Waals surface area contributed by atoms with Gasteiger partial charge in [0.05, 0.1) is 12.1 Å². The Morgan fingerprint density at radius 2 is 2.12 bits per heavy atom. The van der Waals surface area contributed by atoms with Crippen molar-refractivity contribution in [3.8, 4) is 0 Å². The van der Waals surface area contributed by atoms with E-state index in [1.807, 2.05) is 24.1 Å². The number of likely N-dealkylation sites (tertiary alicyclic amines) is 1. The summed E-state index contributed by atoms with van der Waals surface area (Å²) in [5.74, 6) is 0.668. The Morgan fingerprint density at radius 1 is 1.38 bits per heavy atom.